The Morgan fingerprint density at radius 3 is 2.95 bits per heavy atom. The van der Waals surface area contributed by atoms with Crippen molar-refractivity contribution in [3.8, 4) is 0 Å². The van der Waals surface area contributed by atoms with E-state index < -0.39 is 0 Å². The second kappa shape index (κ2) is 7.54. The van der Waals surface area contributed by atoms with Crippen LogP contribution in [0.15, 0.2) is 24.3 Å². The Labute approximate surface area is 124 Å². The number of hydrogen-bond acceptors (Lipinski definition) is 4. The van der Waals surface area contributed by atoms with Gasteiger partial charge in [0.05, 0.1) is 0 Å². The highest BCUT2D eigenvalue weighted by Gasteiger charge is 2.12. The van der Waals surface area contributed by atoms with Gasteiger partial charge in [0.15, 0.2) is 0 Å². The van der Waals surface area contributed by atoms with Gasteiger partial charge in [-0.25, -0.2) is 4.98 Å². The molecule has 112 valence electrons. The summed E-state index contributed by atoms with van der Waals surface area (Å²) in [6.07, 6.45) is 1.75. The molecule has 0 fully saturated rings. The molecule has 1 heterocycles. The van der Waals surface area contributed by atoms with Gasteiger partial charge in [0.1, 0.15) is 5.82 Å². The number of anilines is 1. The number of aryl methyl sites for hydroxylation is 1. The van der Waals surface area contributed by atoms with Gasteiger partial charge < -0.3 is 10.6 Å². The average Bonchev–Trinajstić information content (AvgIpc) is 2.95. The molecule has 0 atom stereocenters. The lowest BCUT2D eigenvalue weighted by Gasteiger charge is -2.06. The third-order valence-electron chi connectivity index (χ3n) is 2.99. The van der Waals surface area contributed by atoms with Crippen molar-refractivity contribution in [2.75, 3.05) is 11.9 Å². The molecule has 1 aromatic carbocycles. The fourth-order valence-electron chi connectivity index (χ4n) is 1.96. The number of nitrogens with one attached hydrogen (secondary N) is 3. The predicted molar refractivity (Wildman–Crippen MR) is 82.2 cm³/mol. The maximum Gasteiger partial charge on any atom is 0.295 e. The number of aromatic amines is 1. The lowest BCUT2D eigenvalue weighted by atomic mass is 10.2. The molecule has 0 bridgehead atoms. The summed E-state index contributed by atoms with van der Waals surface area (Å²) in [7, 11) is 0. The van der Waals surface area contributed by atoms with Crippen LogP contribution in [0.25, 0.3) is 0 Å². The van der Waals surface area contributed by atoms with Gasteiger partial charge in [0, 0.05) is 18.7 Å². The second-order valence-corrected chi connectivity index (χ2v) is 4.79. The topological polar surface area (TPSA) is 82.7 Å². The van der Waals surface area contributed by atoms with Crippen LogP contribution in [-0.4, -0.2) is 27.6 Å². The van der Waals surface area contributed by atoms with Gasteiger partial charge in [-0.1, -0.05) is 26.0 Å². The first kappa shape index (κ1) is 15.2. The van der Waals surface area contributed by atoms with E-state index in [-0.39, 0.29) is 11.7 Å². The Morgan fingerprint density at radius 2 is 2.19 bits per heavy atom. The van der Waals surface area contributed by atoms with Crippen LogP contribution in [0, 0.1) is 0 Å². The smallest absolute Gasteiger partial charge is 0.295 e. The molecule has 6 heteroatoms. The Balaban J connectivity index is 2.01. The van der Waals surface area contributed by atoms with Crippen LogP contribution in [0.5, 0.6) is 0 Å². The monoisotopic (exact) mass is 287 g/mol. The molecule has 21 heavy (non-hydrogen) atoms. The molecule has 1 aromatic heterocycles. The molecule has 2 rings (SSSR count). The summed E-state index contributed by atoms with van der Waals surface area (Å²) >= 11 is 0. The number of nitrogens with zero attached hydrogens (tertiary/aromatic N) is 2. The SMILES string of the molecule is CCCc1nc(C(=O)Nc2cccc(CNCC)c2)n[nH]1. The molecule has 0 spiro atoms. The maximum absolute atomic E-state index is 12.1. The lowest BCUT2D eigenvalue weighted by molar-refractivity contribution is 0.101. The van der Waals surface area contributed by atoms with E-state index in [1.54, 1.807) is 0 Å². The van der Waals surface area contributed by atoms with E-state index in [9.17, 15) is 4.79 Å². The minimum absolute atomic E-state index is 0.176. The Morgan fingerprint density at radius 1 is 1.33 bits per heavy atom. The fraction of sp³-hybridized carbons (Fsp3) is 0.400. The summed E-state index contributed by atoms with van der Waals surface area (Å²) < 4.78 is 0. The van der Waals surface area contributed by atoms with Crippen molar-refractivity contribution in [1.82, 2.24) is 20.5 Å². The number of benzene rings is 1. The lowest BCUT2D eigenvalue weighted by Crippen LogP contribution is -2.15. The van der Waals surface area contributed by atoms with Crippen molar-refractivity contribution >= 4 is 11.6 Å². The van der Waals surface area contributed by atoms with Gasteiger partial charge in [-0.05, 0) is 30.7 Å². The number of amides is 1. The zero-order chi connectivity index (χ0) is 15.1. The minimum atomic E-state index is -0.297. The van der Waals surface area contributed by atoms with Crippen LogP contribution < -0.4 is 10.6 Å². The van der Waals surface area contributed by atoms with E-state index in [2.05, 4.69) is 39.7 Å². The van der Waals surface area contributed by atoms with E-state index in [4.69, 9.17) is 0 Å². The van der Waals surface area contributed by atoms with Gasteiger partial charge in [-0.2, -0.15) is 0 Å². The Bertz CT molecular complexity index is 593. The Kier molecular flexibility index (Phi) is 5.45. The molecule has 0 aliphatic rings. The summed E-state index contributed by atoms with van der Waals surface area (Å²) in [5.74, 6) is 0.619. The summed E-state index contributed by atoms with van der Waals surface area (Å²) in [6, 6.07) is 7.74. The highest BCUT2D eigenvalue weighted by atomic mass is 16.2. The molecule has 0 unspecified atom stereocenters. The largest absolute Gasteiger partial charge is 0.319 e. The van der Waals surface area contributed by atoms with Gasteiger partial charge in [0.25, 0.3) is 5.91 Å². The molecule has 3 N–H and O–H groups in total. The van der Waals surface area contributed by atoms with Crippen LogP contribution >= 0.6 is 0 Å². The molecule has 0 aliphatic heterocycles. The zero-order valence-electron chi connectivity index (χ0n) is 12.4. The van der Waals surface area contributed by atoms with Crippen molar-refractivity contribution in [3.05, 3.63) is 41.5 Å². The minimum Gasteiger partial charge on any atom is -0.319 e. The molecule has 1 amide bonds. The van der Waals surface area contributed by atoms with Crippen LogP contribution in [0.3, 0.4) is 0 Å². The fourth-order valence-corrected chi connectivity index (χ4v) is 1.96. The van der Waals surface area contributed by atoms with Crippen molar-refractivity contribution in [2.45, 2.75) is 33.2 Å². The number of hydrogen-bond donors (Lipinski definition) is 3. The van der Waals surface area contributed by atoms with Crippen molar-refractivity contribution < 1.29 is 4.79 Å². The molecule has 0 radical (unpaired) electrons. The second-order valence-electron chi connectivity index (χ2n) is 4.79. The first-order chi connectivity index (χ1) is 10.2. The van der Waals surface area contributed by atoms with E-state index >= 15 is 0 Å². The first-order valence-corrected chi connectivity index (χ1v) is 7.25. The maximum atomic E-state index is 12.1. The summed E-state index contributed by atoms with van der Waals surface area (Å²) in [5, 5.41) is 12.8. The molecule has 0 saturated heterocycles. The highest BCUT2D eigenvalue weighted by molar-refractivity contribution is 6.01. The van der Waals surface area contributed by atoms with E-state index in [0.29, 0.717) is 0 Å². The quantitative estimate of drug-likeness (QED) is 0.728. The third kappa shape index (κ3) is 4.39. The molecule has 0 saturated carbocycles. The number of aromatic nitrogens is 3. The van der Waals surface area contributed by atoms with Crippen molar-refractivity contribution in [2.24, 2.45) is 0 Å². The van der Waals surface area contributed by atoms with Crippen molar-refractivity contribution in [3.63, 3.8) is 0 Å². The summed E-state index contributed by atoms with van der Waals surface area (Å²) in [5.41, 5.74) is 1.87. The predicted octanol–water partition coefficient (Wildman–Crippen LogP) is 2.12. The molecule has 0 aliphatic carbocycles. The third-order valence-corrected chi connectivity index (χ3v) is 2.99. The van der Waals surface area contributed by atoms with E-state index in [1.165, 1.54) is 0 Å². The molecule has 2 aromatic rings. The van der Waals surface area contributed by atoms with Gasteiger partial charge >= 0.3 is 0 Å². The Hall–Kier alpha value is -2.21. The molecular formula is C15H21N5O. The number of rotatable bonds is 7. The molecular weight excluding hydrogens is 266 g/mol. The summed E-state index contributed by atoms with van der Waals surface area (Å²) in [6.45, 7) is 5.80. The number of carbonyl (C=O) groups is 1. The first-order valence-electron chi connectivity index (χ1n) is 7.25. The number of H-pyrrole nitrogens is 1. The standard InChI is InChI=1S/C15H21N5O/c1-3-6-13-18-14(20-19-13)15(21)17-12-8-5-7-11(9-12)10-16-4-2/h5,7-9,16H,3-4,6,10H2,1-2H3,(H,17,21)(H,18,19,20). The van der Waals surface area contributed by atoms with E-state index in [0.717, 1.165) is 43.0 Å². The normalized spacial score (nSPS) is 10.6. The molecule has 6 nitrogen and oxygen atoms in total. The van der Waals surface area contributed by atoms with Crippen molar-refractivity contribution in [1.29, 1.82) is 0 Å². The van der Waals surface area contributed by atoms with Crippen LogP contribution in [-0.2, 0) is 13.0 Å². The van der Waals surface area contributed by atoms with Gasteiger partial charge in [-0.3, -0.25) is 9.89 Å². The average molecular weight is 287 g/mol. The highest BCUT2D eigenvalue weighted by Crippen LogP contribution is 2.11. The summed E-state index contributed by atoms with van der Waals surface area (Å²) in [4.78, 5) is 16.3. The van der Waals surface area contributed by atoms with E-state index in [1.807, 2.05) is 24.3 Å². The van der Waals surface area contributed by atoms with Gasteiger partial charge in [-0.15, -0.1) is 5.10 Å². The van der Waals surface area contributed by atoms with Crippen LogP contribution in [0.1, 0.15) is 42.3 Å². The van der Waals surface area contributed by atoms with Crippen LogP contribution in [0.2, 0.25) is 0 Å². The zero-order valence-corrected chi connectivity index (χ0v) is 12.4. The number of carbonyl (C=O) groups excluding carboxylic acids is 1. The van der Waals surface area contributed by atoms with Gasteiger partial charge in [0.2, 0.25) is 5.82 Å². The van der Waals surface area contributed by atoms with Crippen LogP contribution in [0.4, 0.5) is 5.69 Å².